The number of carbonyl (C=O) groups excluding carboxylic acids is 3. The number of anilines is 1. The highest BCUT2D eigenvalue weighted by Crippen LogP contribution is 2.36. The highest BCUT2D eigenvalue weighted by atomic mass is 32.2. The molecule has 0 fully saturated rings. The van der Waals surface area contributed by atoms with Gasteiger partial charge in [-0.15, -0.1) is 11.8 Å². The Hall–Kier alpha value is -2.02. The lowest BCUT2D eigenvalue weighted by atomic mass is 10.1. The van der Waals surface area contributed by atoms with Crippen molar-refractivity contribution in [2.24, 2.45) is 0 Å². The fourth-order valence-electron chi connectivity index (χ4n) is 2.71. The predicted molar refractivity (Wildman–Crippen MR) is 100 cm³/mol. The van der Waals surface area contributed by atoms with Crippen LogP contribution in [-0.2, 0) is 9.59 Å². The topological polar surface area (TPSA) is 69.7 Å². The van der Waals surface area contributed by atoms with Crippen molar-refractivity contribution in [2.45, 2.75) is 38.6 Å². The number of benzene rings is 1. The van der Waals surface area contributed by atoms with Gasteiger partial charge < -0.3 is 15.1 Å². The van der Waals surface area contributed by atoms with Gasteiger partial charge in [0.1, 0.15) is 6.54 Å². The number of carbonyl (C=O) groups is 3. The molecule has 0 atom stereocenters. The summed E-state index contributed by atoms with van der Waals surface area (Å²) in [5.41, 5.74) is 1.17. The molecule has 7 heteroatoms. The molecule has 0 aliphatic carbocycles. The zero-order chi connectivity index (χ0) is 18.6. The Morgan fingerprint density at radius 1 is 1.28 bits per heavy atom. The summed E-state index contributed by atoms with van der Waals surface area (Å²) in [6, 6.07) is 5.38. The van der Waals surface area contributed by atoms with Crippen molar-refractivity contribution in [3.05, 3.63) is 23.8 Å². The molecule has 1 heterocycles. The van der Waals surface area contributed by atoms with E-state index >= 15 is 0 Å². The van der Waals surface area contributed by atoms with Crippen LogP contribution in [0.5, 0.6) is 0 Å². The number of amides is 3. The first-order chi connectivity index (χ1) is 11.9. The number of hydrogen-bond acceptors (Lipinski definition) is 4. The van der Waals surface area contributed by atoms with Crippen LogP contribution >= 0.6 is 11.8 Å². The molecule has 25 heavy (non-hydrogen) atoms. The van der Waals surface area contributed by atoms with E-state index in [4.69, 9.17) is 0 Å². The molecule has 0 spiro atoms. The number of thioether (sulfide) groups is 1. The van der Waals surface area contributed by atoms with Gasteiger partial charge in [-0.3, -0.25) is 14.4 Å². The Labute approximate surface area is 152 Å². The van der Waals surface area contributed by atoms with Gasteiger partial charge >= 0.3 is 0 Å². The molecule has 0 saturated heterocycles. The van der Waals surface area contributed by atoms with E-state index < -0.39 is 0 Å². The molecule has 6 nitrogen and oxygen atoms in total. The average Bonchev–Trinajstić information content (AvgIpc) is 2.57. The lowest BCUT2D eigenvalue weighted by Crippen LogP contribution is -2.45. The molecule has 1 aliphatic heterocycles. The van der Waals surface area contributed by atoms with Gasteiger partial charge in [-0.05, 0) is 45.9 Å². The van der Waals surface area contributed by atoms with Crippen LogP contribution in [0, 0.1) is 0 Å². The number of hydrogen-bond donors (Lipinski definition) is 1. The molecule has 1 N–H and O–H groups in total. The quantitative estimate of drug-likeness (QED) is 0.841. The zero-order valence-corrected chi connectivity index (χ0v) is 16.0. The summed E-state index contributed by atoms with van der Waals surface area (Å²) in [5.74, 6) is -0.0985. The molecule has 0 unspecified atom stereocenters. The lowest BCUT2D eigenvalue weighted by Gasteiger charge is -2.29. The predicted octanol–water partition coefficient (Wildman–Crippen LogP) is 2.13. The van der Waals surface area contributed by atoms with Crippen molar-refractivity contribution in [3.8, 4) is 0 Å². The Kier molecular flexibility index (Phi) is 6.47. The van der Waals surface area contributed by atoms with E-state index in [0.29, 0.717) is 30.1 Å². The summed E-state index contributed by atoms with van der Waals surface area (Å²) >= 11 is 1.43. The van der Waals surface area contributed by atoms with Gasteiger partial charge in [0.25, 0.3) is 5.91 Å². The van der Waals surface area contributed by atoms with Crippen molar-refractivity contribution in [2.75, 3.05) is 30.3 Å². The Balaban J connectivity index is 2.31. The third-order valence-corrected chi connectivity index (χ3v) is 5.00. The largest absolute Gasteiger partial charge is 0.352 e. The van der Waals surface area contributed by atoms with Crippen LogP contribution in [0.3, 0.4) is 0 Å². The van der Waals surface area contributed by atoms with Crippen LogP contribution in [0.25, 0.3) is 0 Å². The Morgan fingerprint density at radius 3 is 2.56 bits per heavy atom. The second kappa shape index (κ2) is 8.38. The summed E-state index contributed by atoms with van der Waals surface area (Å²) in [7, 11) is 0. The molecule has 136 valence electrons. The minimum atomic E-state index is -0.207. The van der Waals surface area contributed by atoms with Crippen LogP contribution in [0.15, 0.2) is 23.1 Å². The molecule has 0 bridgehead atoms. The summed E-state index contributed by atoms with van der Waals surface area (Å²) in [4.78, 5) is 41.1. The van der Waals surface area contributed by atoms with Gasteiger partial charge in [0, 0.05) is 29.6 Å². The van der Waals surface area contributed by atoms with E-state index in [1.807, 2.05) is 33.8 Å². The number of nitrogens with one attached hydrogen (secondary N) is 1. The maximum absolute atomic E-state index is 12.6. The highest BCUT2D eigenvalue weighted by molar-refractivity contribution is 8.00. The molecule has 1 aromatic carbocycles. The summed E-state index contributed by atoms with van der Waals surface area (Å²) in [5, 5.41) is 2.80. The summed E-state index contributed by atoms with van der Waals surface area (Å²) in [6.07, 6.45) is 0. The van der Waals surface area contributed by atoms with Gasteiger partial charge in [-0.1, -0.05) is 0 Å². The standard InChI is InChI=1S/C18H25N3O3S/c1-5-20(6-2)18(24)13-7-8-15-14(9-13)21(17(23)11-25-15)10-16(22)19-12(3)4/h7-9,12H,5-6,10-11H2,1-4H3,(H,19,22). The smallest absolute Gasteiger partial charge is 0.253 e. The first kappa shape index (κ1) is 19.3. The molecule has 1 aromatic rings. The van der Waals surface area contributed by atoms with Crippen molar-refractivity contribution in [1.82, 2.24) is 10.2 Å². The van der Waals surface area contributed by atoms with E-state index in [1.54, 1.807) is 17.0 Å². The van der Waals surface area contributed by atoms with Gasteiger partial charge in [0.15, 0.2) is 0 Å². The fraction of sp³-hybridized carbons (Fsp3) is 0.500. The van der Waals surface area contributed by atoms with E-state index in [1.165, 1.54) is 16.7 Å². The monoisotopic (exact) mass is 363 g/mol. The molecule has 0 radical (unpaired) electrons. The second-order valence-electron chi connectivity index (χ2n) is 6.15. The average molecular weight is 363 g/mol. The van der Waals surface area contributed by atoms with Crippen molar-refractivity contribution in [3.63, 3.8) is 0 Å². The summed E-state index contributed by atoms with van der Waals surface area (Å²) < 4.78 is 0. The maximum Gasteiger partial charge on any atom is 0.253 e. The zero-order valence-electron chi connectivity index (χ0n) is 15.2. The van der Waals surface area contributed by atoms with Crippen molar-refractivity contribution >= 4 is 35.2 Å². The number of rotatable bonds is 6. The van der Waals surface area contributed by atoms with Crippen LogP contribution in [0.4, 0.5) is 5.69 Å². The van der Waals surface area contributed by atoms with Crippen LogP contribution in [0.1, 0.15) is 38.1 Å². The molecule has 3 amide bonds. The minimum absolute atomic E-state index is 0.0109. The first-order valence-electron chi connectivity index (χ1n) is 8.53. The highest BCUT2D eigenvalue weighted by Gasteiger charge is 2.28. The third kappa shape index (κ3) is 4.54. The van der Waals surface area contributed by atoms with Gasteiger partial charge in [0.2, 0.25) is 11.8 Å². The van der Waals surface area contributed by atoms with Crippen LogP contribution in [0.2, 0.25) is 0 Å². The fourth-order valence-corrected chi connectivity index (χ4v) is 3.63. The summed E-state index contributed by atoms with van der Waals surface area (Å²) in [6.45, 7) is 8.83. The first-order valence-corrected chi connectivity index (χ1v) is 9.51. The molecule has 2 rings (SSSR count). The van der Waals surface area contributed by atoms with E-state index in [-0.39, 0.29) is 30.3 Å². The number of fused-ring (bicyclic) bond motifs is 1. The van der Waals surface area contributed by atoms with Crippen molar-refractivity contribution < 1.29 is 14.4 Å². The maximum atomic E-state index is 12.6. The second-order valence-corrected chi connectivity index (χ2v) is 7.17. The Bertz CT molecular complexity index is 672. The van der Waals surface area contributed by atoms with E-state index in [2.05, 4.69) is 5.32 Å². The SMILES string of the molecule is CCN(CC)C(=O)c1ccc2c(c1)N(CC(=O)NC(C)C)C(=O)CS2. The van der Waals surface area contributed by atoms with E-state index in [9.17, 15) is 14.4 Å². The van der Waals surface area contributed by atoms with Crippen LogP contribution in [-0.4, -0.2) is 54.1 Å². The van der Waals surface area contributed by atoms with Gasteiger partial charge in [-0.2, -0.15) is 0 Å². The van der Waals surface area contributed by atoms with Crippen LogP contribution < -0.4 is 10.2 Å². The van der Waals surface area contributed by atoms with Gasteiger partial charge in [-0.25, -0.2) is 0 Å². The number of nitrogens with zero attached hydrogens (tertiary/aromatic N) is 2. The molecular formula is C18H25N3O3S. The molecule has 1 aliphatic rings. The molecule has 0 aromatic heterocycles. The Morgan fingerprint density at radius 2 is 1.96 bits per heavy atom. The van der Waals surface area contributed by atoms with Gasteiger partial charge in [0.05, 0.1) is 11.4 Å². The normalized spacial score (nSPS) is 13.6. The molecule has 0 saturated carbocycles. The third-order valence-electron chi connectivity index (χ3n) is 3.95. The molecular weight excluding hydrogens is 338 g/mol. The minimum Gasteiger partial charge on any atom is -0.352 e. The lowest BCUT2D eigenvalue weighted by molar-refractivity contribution is -0.123. The van der Waals surface area contributed by atoms with Crippen molar-refractivity contribution in [1.29, 1.82) is 0 Å². The van der Waals surface area contributed by atoms with E-state index in [0.717, 1.165) is 4.90 Å².